The third kappa shape index (κ3) is 2.88. The Balaban J connectivity index is 2.04. The number of carbonyl (C=O) groups is 1. The summed E-state index contributed by atoms with van der Waals surface area (Å²) in [6.07, 6.45) is 5.51. The lowest BCUT2D eigenvalue weighted by atomic mass is 10.0. The van der Waals surface area contributed by atoms with Crippen LogP contribution in [-0.2, 0) is 0 Å². The Labute approximate surface area is 108 Å². The van der Waals surface area contributed by atoms with Gasteiger partial charge in [-0.15, -0.1) is 0 Å². The Bertz CT molecular complexity index is 422. The van der Waals surface area contributed by atoms with Gasteiger partial charge in [0.1, 0.15) is 5.82 Å². The van der Waals surface area contributed by atoms with Crippen molar-refractivity contribution in [2.75, 3.05) is 18.5 Å². The van der Waals surface area contributed by atoms with E-state index >= 15 is 0 Å². The maximum Gasteiger partial charge on any atom is 0.161 e. The number of pyridine rings is 1. The van der Waals surface area contributed by atoms with Crippen molar-refractivity contribution in [2.24, 2.45) is 0 Å². The van der Waals surface area contributed by atoms with Crippen LogP contribution in [-0.4, -0.2) is 35.1 Å². The van der Waals surface area contributed by atoms with Crippen LogP contribution in [0.3, 0.4) is 0 Å². The first-order valence-electron chi connectivity index (χ1n) is 6.41. The quantitative estimate of drug-likeness (QED) is 0.828. The van der Waals surface area contributed by atoms with Crippen LogP contribution in [0.5, 0.6) is 0 Å². The normalized spacial score (nSPS) is 17.7. The van der Waals surface area contributed by atoms with Crippen molar-refractivity contribution < 1.29 is 9.90 Å². The number of rotatable bonds is 4. The molecule has 0 bridgehead atoms. The first-order valence-corrected chi connectivity index (χ1v) is 6.41. The van der Waals surface area contributed by atoms with Gasteiger partial charge in [0, 0.05) is 25.4 Å². The molecule has 0 aromatic carbocycles. The van der Waals surface area contributed by atoms with E-state index in [1.165, 1.54) is 6.92 Å². The number of hydrogen-bond acceptors (Lipinski definition) is 4. The number of nitrogens with zero attached hydrogens (tertiary/aromatic N) is 2. The Morgan fingerprint density at radius 3 is 2.61 bits per heavy atom. The molecule has 1 aliphatic carbocycles. The molecule has 0 atom stereocenters. The van der Waals surface area contributed by atoms with Gasteiger partial charge in [0.2, 0.25) is 0 Å². The average Bonchev–Trinajstić information content (AvgIpc) is 2.76. The highest BCUT2D eigenvalue weighted by Crippen LogP contribution is 2.30. The lowest BCUT2D eigenvalue weighted by Gasteiger charge is -2.29. The molecular weight excluding hydrogens is 228 g/mol. The summed E-state index contributed by atoms with van der Waals surface area (Å²) in [6, 6.07) is 3.61. The fourth-order valence-corrected chi connectivity index (χ4v) is 2.53. The van der Waals surface area contributed by atoms with Gasteiger partial charge in [-0.05, 0) is 31.9 Å². The molecule has 2 rings (SSSR count). The summed E-state index contributed by atoms with van der Waals surface area (Å²) >= 11 is 0. The number of ketones is 1. The van der Waals surface area contributed by atoms with E-state index in [0.29, 0.717) is 12.1 Å². The topological polar surface area (TPSA) is 53.4 Å². The number of likely N-dealkylation sites (N-methyl/N-ethyl adjacent to an activating group) is 1. The third-order valence-electron chi connectivity index (χ3n) is 3.61. The van der Waals surface area contributed by atoms with Crippen molar-refractivity contribution in [1.29, 1.82) is 0 Å². The highest BCUT2D eigenvalue weighted by atomic mass is 16.3. The maximum atomic E-state index is 11.2. The van der Waals surface area contributed by atoms with E-state index in [0.717, 1.165) is 31.5 Å². The predicted octanol–water partition coefficient (Wildman–Crippen LogP) is 2.03. The molecule has 1 N–H and O–H groups in total. The lowest BCUT2D eigenvalue weighted by molar-refractivity contribution is 0.0558. The molecule has 0 amide bonds. The Kier molecular flexibility index (Phi) is 3.66. The molecule has 4 heteroatoms. The molecule has 1 aliphatic rings. The van der Waals surface area contributed by atoms with E-state index < -0.39 is 5.60 Å². The number of aliphatic hydroxyl groups is 1. The largest absolute Gasteiger partial charge is 0.388 e. The van der Waals surface area contributed by atoms with Gasteiger partial charge in [-0.1, -0.05) is 12.8 Å². The van der Waals surface area contributed by atoms with Gasteiger partial charge in [-0.3, -0.25) is 4.79 Å². The smallest absolute Gasteiger partial charge is 0.161 e. The second-order valence-corrected chi connectivity index (χ2v) is 5.25. The SMILES string of the molecule is CC(=O)c1ccc(N(C)CC2(O)CCCC2)nc1. The third-order valence-corrected chi connectivity index (χ3v) is 3.61. The Hall–Kier alpha value is -1.42. The van der Waals surface area contributed by atoms with Gasteiger partial charge in [-0.2, -0.15) is 0 Å². The summed E-state index contributed by atoms with van der Waals surface area (Å²) in [5.41, 5.74) is 0.0436. The number of anilines is 1. The van der Waals surface area contributed by atoms with E-state index in [2.05, 4.69) is 4.98 Å². The number of aromatic nitrogens is 1. The van der Waals surface area contributed by atoms with Gasteiger partial charge in [0.15, 0.2) is 5.78 Å². The summed E-state index contributed by atoms with van der Waals surface area (Å²) in [6.45, 7) is 2.13. The van der Waals surface area contributed by atoms with Gasteiger partial charge in [0.05, 0.1) is 5.60 Å². The molecule has 1 aromatic rings. The van der Waals surface area contributed by atoms with E-state index in [1.807, 2.05) is 18.0 Å². The fourth-order valence-electron chi connectivity index (χ4n) is 2.53. The standard InChI is InChI=1S/C14H20N2O2/c1-11(17)12-5-6-13(15-9-12)16(2)10-14(18)7-3-4-8-14/h5-6,9,18H,3-4,7-8,10H2,1-2H3. The predicted molar refractivity (Wildman–Crippen MR) is 70.9 cm³/mol. The van der Waals surface area contributed by atoms with E-state index in [4.69, 9.17) is 0 Å². The molecule has 0 aliphatic heterocycles. The van der Waals surface area contributed by atoms with Gasteiger partial charge < -0.3 is 10.0 Å². The van der Waals surface area contributed by atoms with Crippen LogP contribution in [0.4, 0.5) is 5.82 Å². The van der Waals surface area contributed by atoms with Crippen LogP contribution in [0.15, 0.2) is 18.3 Å². The zero-order chi connectivity index (χ0) is 13.2. The van der Waals surface area contributed by atoms with Crippen LogP contribution < -0.4 is 4.90 Å². The second-order valence-electron chi connectivity index (χ2n) is 5.25. The molecule has 0 saturated heterocycles. The fraction of sp³-hybridized carbons (Fsp3) is 0.571. The highest BCUT2D eigenvalue weighted by molar-refractivity contribution is 5.93. The molecule has 1 aromatic heterocycles. The molecule has 98 valence electrons. The minimum absolute atomic E-state index is 0.0196. The zero-order valence-corrected chi connectivity index (χ0v) is 11.0. The van der Waals surface area contributed by atoms with Crippen molar-refractivity contribution in [1.82, 2.24) is 4.98 Å². The van der Waals surface area contributed by atoms with Gasteiger partial charge >= 0.3 is 0 Å². The van der Waals surface area contributed by atoms with Crippen LogP contribution >= 0.6 is 0 Å². The summed E-state index contributed by atoms with van der Waals surface area (Å²) in [5, 5.41) is 10.3. The molecule has 1 heterocycles. The number of Topliss-reactive ketones (excluding diaryl/α,β-unsaturated/α-hetero) is 1. The van der Waals surface area contributed by atoms with Crippen LogP contribution in [0.2, 0.25) is 0 Å². The van der Waals surface area contributed by atoms with Crippen molar-refractivity contribution in [2.45, 2.75) is 38.2 Å². The summed E-state index contributed by atoms with van der Waals surface area (Å²) in [7, 11) is 1.92. The van der Waals surface area contributed by atoms with E-state index in [9.17, 15) is 9.90 Å². The zero-order valence-electron chi connectivity index (χ0n) is 11.0. The molecule has 1 saturated carbocycles. The minimum Gasteiger partial charge on any atom is -0.388 e. The lowest BCUT2D eigenvalue weighted by Crippen LogP contribution is -2.39. The van der Waals surface area contributed by atoms with Gasteiger partial charge in [-0.25, -0.2) is 4.98 Å². The highest BCUT2D eigenvalue weighted by Gasteiger charge is 2.32. The first-order chi connectivity index (χ1) is 8.50. The second kappa shape index (κ2) is 5.06. The van der Waals surface area contributed by atoms with E-state index in [-0.39, 0.29) is 5.78 Å². The number of hydrogen-bond donors (Lipinski definition) is 1. The molecule has 0 spiro atoms. The minimum atomic E-state index is -0.574. The molecule has 0 radical (unpaired) electrons. The van der Waals surface area contributed by atoms with Crippen LogP contribution in [0, 0.1) is 0 Å². The molecular formula is C14H20N2O2. The van der Waals surface area contributed by atoms with Crippen LogP contribution in [0.1, 0.15) is 43.0 Å². The average molecular weight is 248 g/mol. The monoisotopic (exact) mass is 248 g/mol. The van der Waals surface area contributed by atoms with E-state index in [1.54, 1.807) is 12.3 Å². The van der Waals surface area contributed by atoms with Gasteiger partial charge in [0.25, 0.3) is 0 Å². The maximum absolute atomic E-state index is 11.2. The van der Waals surface area contributed by atoms with Crippen molar-refractivity contribution in [3.8, 4) is 0 Å². The molecule has 18 heavy (non-hydrogen) atoms. The summed E-state index contributed by atoms with van der Waals surface area (Å²) in [4.78, 5) is 17.4. The molecule has 1 fully saturated rings. The number of carbonyl (C=O) groups excluding carboxylic acids is 1. The summed E-state index contributed by atoms with van der Waals surface area (Å²) in [5.74, 6) is 0.812. The molecule has 0 unspecified atom stereocenters. The van der Waals surface area contributed by atoms with Crippen molar-refractivity contribution in [3.05, 3.63) is 23.9 Å². The van der Waals surface area contributed by atoms with Crippen LogP contribution in [0.25, 0.3) is 0 Å². The Morgan fingerprint density at radius 2 is 2.11 bits per heavy atom. The summed E-state index contributed by atoms with van der Waals surface area (Å²) < 4.78 is 0. The van der Waals surface area contributed by atoms with Crippen molar-refractivity contribution in [3.63, 3.8) is 0 Å². The van der Waals surface area contributed by atoms with Crippen molar-refractivity contribution >= 4 is 11.6 Å². The Morgan fingerprint density at radius 1 is 1.44 bits per heavy atom. The molecule has 4 nitrogen and oxygen atoms in total. The first kappa shape index (κ1) is 13.0.